The molecule has 0 saturated carbocycles. The quantitative estimate of drug-likeness (QED) is 0.364. The summed E-state index contributed by atoms with van der Waals surface area (Å²) < 4.78 is 4.63. The molecule has 0 fully saturated rings. The van der Waals surface area contributed by atoms with E-state index in [2.05, 4.69) is 9.73 Å². The highest BCUT2D eigenvalue weighted by atomic mass is 35.5. The molecule has 0 spiro atoms. The van der Waals surface area contributed by atoms with E-state index in [1.807, 2.05) is 0 Å². The fraction of sp³-hybridized carbons (Fsp3) is 0.182. The first-order valence-electron chi connectivity index (χ1n) is 5.09. The van der Waals surface area contributed by atoms with E-state index in [-0.39, 0.29) is 23.0 Å². The molecule has 0 aliphatic rings. The summed E-state index contributed by atoms with van der Waals surface area (Å²) in [5, 5.41) is 19.3. The first-order valence-corrected chi connectivity index (χ1v) is 5.47. The van der Waals surface area contributed by atoms with E-state index in [1.54, 1.807) is 13.0 Å². The average Bonchev–Trinajstić information content (AvgIpc) is 2.37. The number of aliphatic imine (C=N–C) groups is 1. The van der Waals surface area contributed by atoms with Crippen molar-refractivity contribution < 1.29 is 14.5 Å². The SMILES string of the molecule is CCOC(=O)/C(C#N)=N\c1ccc([N+](=O)[O-])cc1Cl. The molecule has 0 N–H and O–H groups in total. The van der Waals surface area contributed by atoms with Gasteiger partial charge in [0.05, 0.1) is 22.2 Å². The van der Waals surface area contributed by atoms with Gasteiger partial charge in [-0.2, -0.15) is 5.26 Å². The van der Waals surface area contributed by atoms with Gasteiger partial charge in [0.15, 0.2) is 0 Å². The molecule has 0 atom stereocenters. The molecule has 98 valence electrons. The molecule has 8 heteroatoms. The highest BCUT2D eigenvalue weighted by Crippen LogP contribution is 2.29. The van der Waals surface area contributed by atoms with Gasteiger partial charge in [0, 0.05) is 12.1 Å². The number of non-ortho nitro benzene ring substituents is 1. The molecule has 0 unspecified atom stereocenters. The van der Waals surface area contributed by atoms with Crippen LogP contribution in [0, 0.1) is 21.4 Å². The van der Waals surface area contributed by atoms with Crippen LogP contribution in [0.1, 0.15) is 6.92 Å². The maximum absolute atomic E-state index is 11.3. The number of rotatable bonds is 4. The molecule has 1 aromatic carbocycles. The number of carbonyl (C=O) groups excluding carboxylic acids is 1. The molecule has 1 rings (SSSR count). The predicted molar refractivity (Wildman–Crippen MR) is 67.4 cm³/mol. The van der Waals surface area contributed by atoms with Crippen molar-refractivity contribution in [2.24, 2.45) is 4.99 Å². The zero-order valence-corrected chi connectivity index (χ0v) is 10.5. The average molecular weight is 282 g/mol. The third kappa shape index (κ3) is 3.76. The Labute approximate surface area is 113 Å². The Bertz CT molecular complexity index is 592. The normalized spacial score (nSPS) is 10.7. The Morgan fingerprint density at radius 2 is 2.32 bits per heavy atom. The number of nitriles is 1. The van der Waals surface area contributed by atoms with Crippen molar-refractivity contribution in [1.29, 1.82) is 5.26 Å². The summed E-state index contributed by atoms with van der Waals surface area (Å²) in [5.41, 5.74) is -0.604. The lowest BCUT2D eigenvalue weighted by molar-refractivity contribution is -0.384. The molecule has 0 aliphatic heterocycles. The third-order valence-electron chi connectivity index (χ3n) is 1.95. The molecule has 0 radical (unpaired) electrons. The zero-order chi connectivity index (χ0) is 14.4. The first-order chi connectivity index (χ1) is 8.99. The van der Waals surface area contributed by atoms with Crippen molar-refractivity contribution in [3.8, 4) is 6.07 Å². The number of carbonyl (C=O) groups is 1. The molecular weight excluding hydrogens is 274 g/mol. The summed E-state index contributed by atoms with van der Waals surface area (Å²) in [7, 11) is 0. The van der Waals surface area contributed by atoms with Gasteiger partial charge in [0.1, 0.15) is 6.07 Å². The summed E-state index contributed by atoms with van der Waals surface area (Å²) in [6, 6.07) is 5.09. The number of esters is 1. The maximum Gasteiger partial charge on any atom is 0.367 e. The van der Waals surface area contributed by atoms with Gasteiger partial charge in [0.2, 0.25) is 5.71 Å². The minimum absolute atomic E-state index is 0.0359. The van der Waals surface area contributed by atoms with Crippen molar-refractivity contribution in [3.05, 3.63) is 33.3 Å². The lowest BCUT2D eigenvalue weighted by atomic mass is 10.3. The van der Waals surface area contributed by atoms with E-state index in [1.165, 1.54) is 12.1 Å². The van der Waals surface area contributed by atoms with E-state index in [0.717, 1.165) is 6.07 Å². The van der Waals surface area contributed by atoms with Crippen molar-refractivity contribution in [2.45, 2.75) is 6.92 Å². The van der Waals surface area contributed by atoms with Crippen molar-refractivity contribution in [3.63, 3.8) is 0 Å². The van der Waals surface area contributed by atoms with E-state index in [9.17, 15) is 14.9 Å². The molecular formula is C11H8ClN3O4. The Hall–Kier alpha value is -2.46. The number of hydrogen-bond donors (Lipinski definition) is 0. The van der Waals surface area contributed by atoms with Crippen molar-refractivity contribution in [2.75, 3.05) is 6.61 Å². The third-order valence-corrected chi connectivity index (χ3v) is 2.25. The number of benzene rings is 1. The molecule has 0 aromatic heterocycles. The summed E-state index contributed by atoms with van der Waals surface area (Å²) in [6.07, 6.45) is 0. The second kappa shape index (κ2) is 6.47. The van der Waals surface area contributed by atoms with Gasteiger partial charge in [-0.25, -0.2) is 9.79 Å². The molecule has 0 amide bonds. The number of nitrogens with zero attached hydrogens (tertiary/aromatic N) is 3. The lowest BCUT2D eigenvalue weighted by Gasteiger charge is -2.01. The van der Waals surface area contributed by atoms with Crippen molar-refractivity contribution >= 4 is 34.7 Å². The smallest absolute Gasteiger partial charge is 0.367 e. The van der Waals surface area contributed by atoms with Crippen LogP contribution in [0.15, 0.2) is 23.2 Å². The molecule has 19 heavy (non-hydrogen) atoms. The number of halogens is 1. The summed E-state index contributed by atoms with van der Waals surface area (Å²) >= 11 is 5.78. The molecule has 0 aliphatic carbocycles. The number of ether oxygens (including phenoxy) is 1. The predicted octanol–water partition coefficient (Wildman–Crippen LogP) is 2.41. The van der Waals surface area contributed by atoms with Crippen LogP contribution in [0.3, 0.4) is 0 Å². The largest absolute Gasteiger partial charge is 0.461 e. The fourth-order valence-corrected chi connectivity index (χ4v) is 1.35. The van der Waals surface area contributed by atoms with E-state index < -0.39 is 16.6 Å². The van der Waals surface area contributed by atoms with Crippen LogP contribution in [-0.2, 0) is 9.53 Å². The maximum atomic E-state index is 11.3. The zero-order valence-electron chi connectivity index (χ0n) is 9.79. The van der Waals surface area contributed by atoms with Gasteiger partial charge in [0.25, 0.3) is 5.69 Å². The summed E-state index contributed by atoms with van der Waals surface area (Å²) in [4.78, 5) is 25.0. The van der Waals surface area contributed by atoms with Gasteiger partial charge < -0.3 is 4.74 Å². The monoisotopic (exact) mass is 281 g/mol. The minimum atomic E-state index is -0.876. The second-order valence-electron chi connectivity index (χ2n) is 3.19. The van der Waals surface area contributed by atoms with E-state index >= 15 is 0 Å². The summed E-state index contributed by atoms with van der Waals surface area (Å²) in [5.74, 6) is -0.876. The van der Waals surface area contributed by atoms with Gasteiger partial charge >= 0.3 is 5.97 Å². The van der Waals surface area contributed by atoms with Crippen LogP contribution in [0.4, 0.5) is 11.4 Å². The van der Waals surface area contributed by atoms with Crippen LogP contribution in [0.2, 0.25) is 5.02 Å². The first kappa shape index (κ1) is 14.6. The van der Waals surface area contributed by atoms with Crippen LogP contribution in [0.5, 0.6) is 0 Å². The molecule has 0 saturated heterocycles. The molecule has 1 aromatic rings. The van der Waals surface area contributed by atoms with Crippen LogP contribution in [-0.4, -0.2) is 23.2 Å². The summed E-state index contributed by atoms with van der Waals surface area (Å²) in [6.45, 7) is 1.69. The van der Waals surface area contributed by atoms with Gasteiger partial charge in [-0.1, -0.05) is 11.6 Å². The van der Waals surface area contributed by atoms with Crippen LogP contribution >= 0.6 is 11.6 Å². The Morgan fingerprint density at radius 1 is 1.63 bits per heavy atom. The Kier molecular flexibility index (Phi) is 4.97. The highest BCUT2D eigenvalue weighted by Gasteiger charge is 2.14. The van der Waals surface area contributed by atoms with Gasteiger partial charge in [-0.3, -0.25) is 10.1 Å². The Balaban J connectivity index is 3.13. The number of nitro benzene ring substituents is 1. The highest BCUT2D eigenvalue weighted by molar-refractivity contribution is 6.44. The molecule has 0 bridgehead atoms. The standard InChI is InChI=1S/C11H8ClN3O4/c1-2-19-11(16)10(6-13)14-9-4-3-7(15(17)18)5-8(9)12/h3-5H,2H2,1H3/b14-10-. The van der Waals surface area contributed by atoms with Gasteiger partial charge in [-0.15, -0.1) is 0 Å². The second-order valence-corrected chi connectivity index (χ2v) is 3.59. The molecule has 7 nitrogen and oxygen atoms in total. The topological polar surface area (TPSA) is 106 Å². The number of nitro groups is 1. The fourth-order valence-electron chi connectivity index (χ4n) is 1.14. The minimum Gasteiger partial charge on any atom is -0.461 e. The lowest BCUT2D eigenvalue weighted by Crippen LogP contribution is -2.15. The van der Waals surface area contributed by atoms with Crippen molar-refractivity contribution in [1.82, 2.24) is 0 Å². The molecule has 0 heterocycles. The van der Waals surface area contributed by atoms with Crippen LogP contribution in [0.25, 0.3) is 0 Å². The number of hydrogen-bond acceptors (Lipinski definition) is 6. The van der Waals surface area contributed by atoms with Crippen LogP contribution < -0.4 is 0 Å². The van der Waals surface area contributed by atoms with Gasteiger partial charge in [-0.05, 0) is 13.0 Å². The van der Waals surface area contributed by atoms with E-state index in [0.29, 0.717) is 0 Å². The van der Waals surface area contributed by atoms with E-state index in [4.69, 9.17) is 16.9 Å². The Morgan fingerprint density at radius 3 is 2.79 bits per heavy atom.